The van der Waals surface area contributed by atoms with E-state index >= 15 is 0 Å². The first kappa shape index (κ1) is 9.97. The van der Waals surface area contributed by atoms with Crippen molar-refractivity contribution < 1.29 is 0 Å². The van der Waals surface area contributed by atoms with Crippen molar-refractivity contribution in [3.05, 3.63) is 23.8 Å². The molecule has 1 atom stereocenters. The van der Waals surface area contributed by atoms with E-state index in [0.717, 1.165) is 13.0 Å². The van der Waals surface area contributed by atoms with Crippen molar-refractivity contribution in [3.63, 3.8) is 0 Å². The Morgan fingerprint density at radius 3 is 2.81 bits per heavy atom. The maximum absolute atomic E-state index is 5.96. The molecule has 2 aliphatic rings. The predicted octanol–water partition coefficient (Wildman–Crippen LogP) is 1.91. The normalized spacial score (nSPS) is 24.0. The number of nitrogens with zero attached hydrogens (tertiary/aromatic N) is 2. The molecule has 0 amide bonds. The number of hydrogen-bond acceptors (Lipinski definition) is 3. The Labute approximate surface area is 96.8 Å². The highest BCUT2D eigenvalue weighted by molar-refractivity contribution is 5.70. The molecule has 2 aliphatic heterocycles. The van der Waals surface area contributed by atoms with Gasteiger partial charge in [0.1, 0.15) is 0 Å². The summed E-state index contributed by atoms with van der Waals surface area (Å²) in [6, 6.07) is 7.19. The van der Waals surface area contributed by atoms with E-state index in [1.54, 1.807) is 0 Å². The second-order valence-electron chi connectivity index (χ2n) is 4.90. The fourth-order valence-electron chi connectivity index (χ4n) is 3.00. The topological polar surface area (TPSA) is 32.5 Å². The van der Waals surface area contributed by atoms with Gasteiger partial charge in [-0.1, -0.05) is 6.07 Å². The van der Waals surface area contributed by atoms with Gasteiger partial charge in [0.05, 0.1) is 5.69 Å². The smallest absolute Gasteiger partial charge is 0.0570 e. The molecule has 0 spiro atoms. The maximum atomic E-state index is 5.96. The lowest BCUT2D eigenvalue weighted by atomic mass is 10.1. The number of hydrazine groups is 1. The predicted molar refractivity (Wildman–Crippen MR) is 67.7 cm³/mol. The number of fused-ring (bicyclic) bond motifs is 1. The van der Waals surface area contributed by atoms with Crippen LogP contribution in [0.2, 0.25) is 0 Å². The van der Waals surface area contributed by atoms with E-state index in [1.807, 2.05) is 5.01 Å². The van der Waals surface area contributed by atoms with Crippen molar-refractivity contribution in [2.75, 3.05) is 23.0 Å². The van der Waals surface area contributed by atoms with Crippen LogP contribution >= 0.6 is 0 Å². The molecule has 1 saturated heterocycles. The van der Waals surface area contributed by atoms with Gasteiger partial charge >= 0.3 is 0 Å². The van der Waals surface area contributed by atoms with Gasteiger partial charge in [0.25, 0.3) is 0 Å². The SMILES string of the molecule is CC1CCCN1c1cccc2c1CCN2N. The molecule has 0 aliphatic carbocycles. The molecule has 1 fully saturated rings. The Bertz CT molecular complexity index is 402. The lowest BCUT2D eigenvalue weighted by Gasteiger charge is -2.26. The van der Waals surface area contributed by atoms with E-state index in [0.29, 0.717) is 6.04 Å². The van der Waals surface area contributed by atoms with Gasteiger partial charge in [0.2, 0.25) is 0 Å². The van der Waals surface area contributed by atoms with Gasteiger partial charge < -0.3 is 9.91 Å². The zero-order chi connectivity index (χ0) is 11.1. The third-order valence-corrected chi connectivity index (χ3v) is 3.90. The third kappa shape index (κ3) is 1.39. The first-order valence-electron chi connectivity index (χ1n) is 6.18. The minimum atomic E-state index is 0.679. The van der Waals surface area contributed by atoms with Gasteiger partial charge in [-0.15, -0.1) is 0 Å². The molecule has 0 radical (unpaired) electrons. The molecule has 16 heavy (non-hydrogen) atoms. The van der Waals surface area contributed by atoms with Crippen LogP contribution in [-0.2, 0) is 6.42 Å². The average molecular weight is 217 g/mol. The highest BCUT2D eigenvalue weighted by Gasteiger charge is 2.26. The molecule has 86 valence electrons. The van der Waals surface area contributed by atoms with Crippen LogP contribution < -0.4 is 15.8 Å². The molecule has 0 bridgehead atoms. The fourth-order valence-corrected chi connectivity index (χ4v) is 3.00. The molecular formula is C13H19N3. The second-order valence-corrected chi connectivity index (χ2v) is 4.90. The first-order valence-corrected chi connectivity index (χ1v) is 6.18. The Morgan fingerprint density at radius 2 is 2.06 bits per heavy atom. The van der Waals surface area contributed by atoms with Gasteiger partial charge in [0, 0.05) is 30.4 Å². The lowest BCUT2D eigenvalue weighted by Crippen LogP contribution is -2.28. The fraction of sp³-hybridized carbons (Fsp3) is 0.538. The lowest BCUT2D eigenvalue weighted by molar-refractivity contribution is 0.732. The minimum absolute atomic E-state index is 0.679. The molecule has 3 nitrogen and oxygen atoms in total. The summed E-state index contributed by atoms with van der Waals surface area (Å²) >= 11 is 0. The quantitative estimate of drug-likeness (QED) is 0.729. The van der Waals surface area contributed by atoms with Gasteiger partial charge in [-0.05, 0) is 38.3 Å². The van der Waals surface area contributed by atoms with Gasteiger partial charge in [-0.25, -0.2) is 5.84 Å². The van der Waals surface area contributed by atoms with Crippen LogP contribution in [0, 0.1) is 0 Å². The third-order valence-electron chi connectivity index (χ3n) is 3.90. The van der Waals surface area contributed by atoms with E-state index in [9.17, 15) is 0 Å². The molecule has 0 aromatic heterocycles. The molecule has 3 heteroatoms. The zero-order valence-electron chi connectivity index (χ0n) is 9.82. The van der Waals surface area contributed by atoms with Crippen LogP contribution in [0.1, 0.15) is 25.3 Å². The average Bonchev–Trinajstić information content (AvgIpc) is 2.86. The van der Waals surface area contributed by atoms with Crippen LogP contribution in [0.4, 0.5) is 11.4 Å². The summed E-state index contributed by atoms with van der Waals surface area (Å²) in [6.07, 6.45) is 3.72. The Morgan fingerprint density at radius 1 is 1.25 bits per heavy atom. The molecule has 3 rings (SSSR count). The minimum Gasteiger partial charge on any atom is -0.369 e. The summed E-state index contributed by atoms with van der Waals surface area (Å²) in [5, 5.41) is 1.87. The number of hydrogen-bond donors (Lipinski definition) is 1. The zero-order valence-corrected chi connectivity index (χ0v) is 9.82. The summed E-state index contributed by atoms with van der Waals surface area (Å²) in [7, 11) is 0. The van der Waals surface area contributed by atoms with Crippen molar-refractivity contribution in [1.29, 1.82) is 0 Å². The van der Waals surface area contributed by atoms with Gasteiger partial charge in [0.15, 0.2) is 0 Å². The van der Waals surface area contributed by atoms with Crippen molar-refractivity contribution in [2.24, 2.45) is 5.84 Å². The molecule has 2 N–H and O–H groups in total. The van der Waals surface area contributed by atoms with Crippen LogP contribution in [-0.4, -0.2) is 19.1 Å². The Hall–Kier alpha value is -1.22. The standard InChI is InChI=1S/C13H19N3/c1-10-4-3-8-15(10)12-5-2-6-13-11(12)7-9-16(13)14/h2,5-6,10H,3-4,7-9,14H2,1H3. The number of benzene rings is 1. The van der Waals surface area contributed by atoms with Crippen molar-refractivity contribution in [2.45, 2.75) is 32.2 Å². The summed E-state index contributed by atoms with van der Waals surface area (Å²) < 4.78 is 0. The van der Waals surface area contributed by atoms with Gasteiger partial charge in [-0.3, -0.25) is 0 Å². The van der Waals surface area contributed by atoms with E-state index in [2.05, 4.69) is 30.0 Å². The summed E-state index contributed by atoms with van der Waals surface area (Å²) in [5.74, 6) is 5.96. The van der Waals surface area contributed by atoms with Crippen LogP contribution in [0.3, 0.4) is 0 Å². The molecular weight excluding hydrogens is 198 g/mol. The first-order chi connectivity index (χ1) is 7.77. The number of anilines is 2. The molecule has 2 heterocycles. The van der Waals surface area contributed by atoms with Crippen molar-refractivity contribution >= 4 is 11.4 Å². The molecule has 1 aromatic carbocycles. The number of nitrogens with two attached hydrogens (primary N) is 1. The maximum Gasteiger partial charge on any atom is 0.0570 e. The summed E-state index contributed by atoms with van der Waals surface area (Å²) in [4.78, 5) is 2.54. The highest BCUT2D eigenvalue weighted by Crippen LogP contribution is 2.36. The monoisotopic (exact) mass is 217 g/mol. The van der Waals surface area contributed by atoms with Gasteiger partial charge in [-0.2, -0.15) is 0 Å². The van der Waals surface area contributed by atoms with E-state index in [1.165, 1.54) is 36.3 Å². The Balaban J connectivity index is 2.02. The summed E-state index contributed by atoms with van der Waals surface area (Å²) in [6.45, 7) is 4.47. The highest BCUT2D eigenvalue weighted by atomic mass is 15.4. The molecule has 1 aromatic rings. The Kier molecular flexibility index (Phi) is 2.28. The van der Waals surface area contributed by atoms with E-state index in [-0.39, 0.29) is 0 Å². The van der Waals surface area contributed by atoms with Crippen molar-refractivity contribution in [3.8, 4) is 0 Å². The largest absolute Gasteiger partial charge is 0.369 e. The van der Waals surface area contributed by atoms with Crippen LogP contribution in [0.15, 0.2) is 18.2 Å². The van der Waals surface area contributed by atoms with Crippen molar-refractivity contribution in [1.82, 2.24) is 0 Å². The van der Waals surface area contributed by atoms with Crippen LogP contribution in [0.5, 0.6) is 0 Å². The molecule has 0 saturated carbocycles. The molecule has 1 unspecified atom stereocenters. The van der Waals surface area contributed by atoms with E-state index < -0.39 is 0 Å². The number of rotatable bonds is 1. The van der Waals surface area contributed by atoms with Crippen LogP contribution in [0.25, 0.3) is 0 Å². The van der Waals surface area contributed by atoms with E-state index in [4.69, 9.17) is 5.84 Å². The summed E-state index contributed by atoms with van der Waals surface area (Å²) in [5.41, 5.74) is 4.07. The second kappa shape index (κ2) is 3.67.